The summed E-state index contributed by atoms with van der Waals surface area (Å²) in [6.07, 6.45) is 3.33. The minimum Gasteiger partial charge on any atom is -0.484 e. The Hall–Kier alpha value is -1.20. The molecule has 0 heterocycles. The van der Waals surface area contributed by atoms with Gasteiger partial charge in [0, 0.05) is 20.1 Å². The molecule has 112 valence electrons. The highest BCUT2D eigenvalue weighted by Crippen LogP contribution is 2.29. The second kappa shape index (κ2) is 6.99. The van der Waals surface area contributed by atoms with Crippen molar-refractivity contribution < 1.29 is 18.3 Å². The van der Waals surface area contributed by atoms with Crippen molar-refractivity contribution in [3.63, 3.8) is 0 Å². The summed E-state index contributed by atoms with van der Waals surface area (Å²) >= 11 is 0. The van der Waals surface area contributed by atoms with Crippen LogP contribution in [0.1, 0.15) is 31.2 Å². The van der Waals surface area contributed by atoms with Gasteiger partial charge in [0.1, 0.15) is 6.10 Å². The maximum absolute atomic E-state index is 13.9. The summed E-state index contributed by atoms with van der Waals surface area (Å²) < 4.78 is 38.7. The lowest BCUT2D eigenvalue weighted by atomic mass is 9.95. The van der Waals surface area contributed by atoms with Gasteiger partial charge in [0.2, 0.25) is 0 Å². The van der Waals surface area contributed by atoms with Crippen LogP contribution < -0.4 is 10.1 Å². The van der Waals surface area contributed by atoms with Crippen LogP contribution in [0.25, 0.3) is 0 Å². The number of rotatable bonds is 5. The molecule has 1 N–H and O–H groups in total. The first-order valence-corrected chi connectivity index (χ1v) is 6.96. The molecule has 1 aromatic rings. The van der Waals surface area contributed by atoms with Crippen molar-refractivity contribution >= 4 is 0 Å². The topological polar surface area (TPSA) is 30.5 Å². The van der Waals surface area contributed by atoms with Crippen LogP contribution in [0, 0.1) is 11.6 Å². The van der Waals surface area contributed by atoms with Crippen LogP contribution in [-0.2, 0) is 11.3 Å². The second-order valence-electron chi connectivity index (χ2n) is 5.18. The van der Waals surface area contributed by atoms with Crippen molar-refractivity contribution in [2.24, 2.45) is 0 Å². The lowest BCUT2D eigenvalue weighted by Crippen LogP contribution is -2.30. The van der Waals surface area contributed by atoms with Gasteiger partial charge in [-0.25, -0.2) is 8.78 Å². The number of methoxy groups -OCH3 is 1. The van der Waals surface area contributed by atoms with E-state index in [0.717, 1.165) is 19.3 Å². The van der Waals surface area contributed by atoms with Crippen LogP contribution in [0.3, 0.4) is 0 Å². The van der Waals surface area contributed by atoms with Gasteiger partial charge in [0.05, 0.1) is 6.10 Å². The molecule has 1 aromatic carbocycles. The molecule has 0 spiro atoms. The molecule has 0 aromatic heterocycles. The normalized spacial score (nSPS) is 22.8. The van der Waals surface area contributed by atoms with Crippen LogP contribution >= 0.6 is 0 Å². The zero-order valence-corrected chi connectivity index (χ0v) is 11.9. The highest BCUT2D eigenvalue weighted by molar-refractivity contribution is 5.31. The van der Waals surface area contributed by atoms with Crippen LogP contribution in [0.2, 0.25) is 0 Å². The minimum absolute atomic E-state index is 0.114. The average molecular weight is 285 g/mol. The van der Waals surface area contributed by atoms with Crippen molar-refractivity contribution in [3.8, 4) is 5.75 Å². The number of hydrogen-bond acceptors (Lipinski definition) is 3. The Kier molecular flexibility index (Phi) is 5.31. The van der Waals surface area contributed by atoms with Gasteiger partial charge < -0.3 is 14.8 Å². The van der Waals surface area contributed by atoms with Gasteiger partial charge in [-0.3, -0.25) is 0 Å². The van der Waals surface area contributed by atoms with Crippen LogP contribution in [0.4, 0.5) is 8.78 Å². The third-order valence-electron chi connectivity index (χ3n) is 3.63. The first-order valence-electron chi connectivity index (χ1n) is 6.96. The van der Waals surface area contributed by atoms with E-state index in [-0.39, 0.29) is 18.0 Å². The van der Waals surface area contributed by atoms with E-state index in [9.17, 15) is 8.78 Å². The van der Waals surface area contributed by atoms with E-state index in [2.05, 4.69) is 5.32 Å². The minimum atomic E-state index is -0.644. The third-order valence-corrected chi connectivity index (χ3v) is 3.63. The number of ether oxygens (including phenoxy) is 2. The Morgan fingerprint density at radius 2 is 1.85 bits per heavy atom. The summed E-state index contributed by atoms with van der Waals surface area (Å²) in [6.45, 7) is 0.420. The molecule has 3 nitrogen and oxygen atoms in total. The fourth-order valence-electron chi connectivity index (χ4n) is 2.62. The lowest BCUT2D eigenvalue weighted by molar-refractivity contribution is 0.0184. The molecule has 1 aliphatic rings. The molecule has 1 aliphatic carbocycles. The van der Waals surface area contributed by atoms with Gasteiger partial charge in [0.15, 0.2) is 17.4 Å². The van der Waals surface area contributed by atoms with Gasteiger partial charge in [-0.1, -0.05) is 0 Å². The van der Waals surface area contributed by atoms with Gasteiger partial charge in [-0.2, -0.15) is 0 Å². The van der Waals surface area contributed by atoms with Crippen molar-refractivity contribution in [1.82, 2.24) is 5.32 Å². The Bertz CT molecular complexity index is 430. The fourth-order valence-corrected chi connectivity index (χ4v) is 2.62. The Morgan fingerprint density at radius 1 is 1.20 bits per heavy atom. The molecule has 0 bridgehead atoms. The SMILES string of the molecule is CNCc1cc(F)c(OC2CCCC(OC)C2)c(F)c1. The fraction of sp³-hybridized carbons (Fsp3) is 0.600. The molecule has 1 fully saturated rings. The Balaban J connectivity index is 2.09. The van der Waals surface area contributed by atoms with E-state index in [1.807, 2.05) is 0 Å². The lowest BCUT2D eigenvalue weighted by Gasteiger charge is -2.28. The number of nitrogens with one attached hydrogen (secondary N) is 1. The largest absolute Gasteiger partial charge is 0.484 e. The standard InChI is InChI=1S/C15H21F2NO2/c1-18-9-10-6-13(16)15(14(17)7-10)20-12-5-3-4-11(8-12)19-2/h6-7,11-12,18H,3-5,8-9H2,1-2H3. The molecule has 0 saturated heterocycles. The van der Waals surface area contributed by atoms with Gasteiger partial charge >= 0.3 is 0 Å². The summed E-state index contributed by atoms with van der Waals surface area (Å²) in [5, 5.41) is 2.86. The molecular weight excluding hydrogens is 264 g/mol. The zero-order valence-electron chi connectivity index (χ0n) is 11.9. The summed E-state index contributed by atoms with van der Waals surface area (Å²) in [6, 6.07) is 2.62. The van der Waals surface area contributed by atoms with E-state index >= 15 is 0 Å². The summed E-state index contributed by atoms with van der Waals surface area (Å²) in [4.78, 5) is 0. The summed E-state index contributed by atoms with van der Waals surface area (Å²) in [5.41, 5.74) is 0.563. The van der Waals surface area contributed by atoms with Crippen molar-refractivity contribution in [2.75, 3.05) is 14.2 Å². The van der Waals surface area contributed by atoms with E-state index in [1.54, 1.807) is 14.2 Å². The molecule has 0 aliphatic heterocycles. The maximum Gasteiger partial charge on any atom is 0.191 e. The molecule has 2 unspecified atom stereocenters. The molecule has 2 rings (SSSR count). The van der Waals surface area contributed by atoms with E-state index in [4.69, 9.17) is 9.47 Å². The number of hydrogen-bond donors (Lipinski definition) is 1. The highest BCUT2D eigenvalue weighted by atomic mass is 19.1. The first-order chi connectivity index (χ1) is 9.63. The smallest absolute Gasteiger partial charge is 0.191 e. The van der Waals surface area contributed by atoms with Crippen molar-refractivity contribution in [2.45, 2.75) is 44.4 Å². The Morgan fingerprint density at radius 3 is 2.45 bits per heavy atom. The van der Waals surface area contributed by atoms with Crippen LogP contribution in [0.5, 0.6) is 5.75 Å². The number of benzene rings is 1. The average Bonchev–Trinajstić information content (AvgIpc) is 2.43. The summed E-state index contributed by atoms with van der Waals surface area (Å²) in [7, 11) is 3.38. The molecule has 0 radical (unpaired) electrons. The predicted molar refractivity (Wildman–Crippen MR) is 72.8 cm³/mol. The zero-order chi connectivity index (χ0) is 14.5. The van der Waals surface area contributed by atoms with Crippen molar-refractivity contribution in [1.29, 1.82) is 0 Å². The molecule has 20 heavy (non-hydrogen) atoms. The van der Waals surface area contributed by atoms with Crippen LogP contribution in [0.15, 0.2) is 12.1 Å². The number of halogens is 2. The molecule has 2 atom stereocenters. The van der Waals surface area contributed by atoms with Crippen LogP contribution in [-0.4, -0.2) is 26.4 Å². The van der Waals surface area contributed by atoms with Gasteiger partial charge in [-0.15, -0.1) is 0 Å². The monoisotopic (exact) mass is 285 g/mol. The molecular formula is C15H21F2NO2. The molecule has 1 saturated carbocycles. The first kappa shape index (κ1) is 15.2. The Labute approximate surface area is 118 Å². The molecule has 5 heteroatoms. The maximum atomic E-state index is 13.9. The van der Waals surface area contributed by atoms with Gasteiger partial charge in [0.25, 0.3) is 0 Å². The third kappa shape index (κ3) is 3.67. The quantitative estimate of drug-likeness (QED) is 0.902. The van der Waals surface area contributed by atoms with E-state index in [1.165, 1.54) is 12.1 Å². The molecule has 0 amide bonds. The van der Waals surface area contributed by atoms with E-state index in [0.29, 0.717) is 18.5 Å². The second-order valence-corrected chi connectivity index (χ2v) is 5.18. The van der Waals surface area contributed by atoms with Crippen molar-refractivity contribution in [3.05, 3.63) is 29.3 Å². The highest BCUT2D eigenvalue weighted by Gasteiger charge is 2.25. The van der Waals surface area contributed by atoms with E-state index < -0.39 is 11.6 Å². The summed E-state index contributed by atoms with van der Waals surface area (Å²) in [5.74, 6) is -1.56. The predicted octanol–water partition coefficient (Wildman–Crippen LogP) is 3.02. The van der Waals surface area contributed by atoms with Gasteiger partial charge in [-0.05, 0) is 44.0 Å².